The van der Waals surface area contributed by atoms with Crippen molar-refractivity contribution in [2.75, 3.05) is 12.5 Å². The molecule has 1 aromatic carbocycles. The monoisotopic (exact) mass is 364 g/mol. The summed E-state index contributed by atoms with van der Waals surface area (Å²) in [5.74, 6) is 0. The number of primary amides is 1. The third-order valence-corrected chi connectivity index (χ3v) is 4.16. The number of nitrogens with one attached hydrogen (secondary N) is 1. The van der Waals surface area contributed by atoms with Crippen molar-refractivity contribution in [3.8, 4) is 11.1 Å². The summed E-state index contributed by atoms with van der Waals surface area (Å²) in [5, 5.41) is 4.90. The van der Waals surface area contributed by atoms with Gasteiger partial charge in [0.05, 0.1) is 28.8 Å². The number of benzene rings is 1. The number of nitrogens with zero attached hydrogens (tertiary/aromatic N) is 4. The van der Waals surface area contributed by atoms with Gasteiger partial charge in [0.15, 0.2) is 5.65 Å². The van der Waals surface area contributed by atoms with E-state index >= 15 is 0 Å². The predicted molar refractivity (Wildman–Crippen MR) is 99.8 cm³/mol. The lowest BCUT2D eigenvalue weighted by Crippen LogP contribution is -2.35. The first-order valence-corrected chi connectivity index (χ1v) is 8.13. The van der Waals surface area contributed by atoms with Crippen LogP contribution in [0.25, 0.3) is 27.7 Å². The molecule has 27 heavy (non-hydrogen) atoms. The molecule has 0 spiro atoms. The first-order valence-electron chi connectivity index (χ1n) is 8.13. The normalized spacial score (nSPS) is 11.1. The average Bonchev–Trinajstić information content (AvgIpc) is 3.03. The molecule has 0 atom stereocenters. The van der Waals surface area contributed by atoms with E-state index in [4.69, 9.17) is 10.5 Å². The third kappa shape index (κ3) is 2.79. The van der Waals surface area contributed by atoms with Crippen LogP contribution in [0, 0.1) is 0 Å². The lowest BCUT2D eigenvalue weighted by Gasteiger charge is -2.07. The van der Waals surface area contributed by atoms with Gasteiger partial charge in [-0.15, -0.1) is 0 Å². The highest BCUT2D eigenvalue weighted by atomic mass is 16.5. The van der Waals surface area contributed by atoms with Crippen LogP contribution in [0.4, 0.5) is 4.79 Å². The molecule has 0 bridgehead atoms. The van der Waals surface area contributed by atoms with E-state index < -0.39 is 11.6 Å². The maximum Gasteiger partial charge on any atom is 0.331 e. The zero-order chi connectivity index (χ0) is 19.0. The Hall–Kier alpha value is -3.72. The molecule has 0 aliphatic carbocycles. The van der Waals surface area contributed by atoms with E-state index in [1.807, 2.05) is 30.3 Å². The van der Waals surface area contributed by atoms with Gasteiger partial charge < -0.3 is 10.5 Å². The zero-order valence-corrected chi connectivity index (χ0v) is 14.4. The molecule has 9 nitrogen and oxygen atoms in total. The van der Waals surface area contributed by atoms with Crippen LogP contribution < -0.4 is 16.7 Å². The number of pyridine rings is 1. The van der Waals surface area contributed by atoms with Crippen LogP contribution in [-0.2, 0) is 11.3 Å². The first-order chi connectivity index (χ1) is 13.1. The van der Waals surface area contributed by atoms with Crippen molar-refractivity contribution in [1.82, 2.24) is 19.3 Å². The third-order valence-electron chi connectivity index (χ3n) is 4.16. The zero-order valence-electron chi connectivity index (χ0n) is 14.4. The summed E-state index contributed by atoms with van der Waals surface area (Å²) in [6, 6.07) is 10.6. The fourth-order valence-electron chi connectivity index (χ4n) is 3.06. The Morgan fingerprint density at radius 2 is 2.04 bits per heavy atom. The highest BCUT2D eigenvalue weighted by molar-refractivity contribution is 5.87. The topological polar surface area (TPSA) is 117 Å². The number of fused-ring (bicyclic) bond motifs is 3. The molecule has 3 N–H and O–H groups in total. The molecule has 3 heterocycles. The van der Waals surface area contributed by atoms with Crippen molar-refractivity contribution < 1.29 is 9.53 Å². The van der Waals surface area contributed by atoms with Gasteiger partial charge in [-0.2, -0.15) is 5.10 Å². The molecule has 0 fully saturated rings. The van der Waals surface area contributed by atoms with E-state index in [1.54, 1.807) is 17.7 Å². The van der Waals surface area contributed by atoms with Crippen molar-refractivity contribution in [3.05, 3.63) is 64.8 Å². The van der Waals surface area contributed by atoms with Crippen molar-refractivity contribution in [1.29, 1.82) is 0 Å². The minimum Gasteiger partial charge on any atom is -0.378 e. The van der Waals surface area contributed by atoms with Gasteiger partial charge in [-0.3, -0.25) is 4.79 Å². The maximum atomic E-state index is 12.6. The molecule has 0 unspecified atom stereocenters. The summed E-state index contributed by atoms with van der Waals surface area (Å²) in [6.45, 7) is 0.301. The Labute approximate surface area is 153 Å². The van der Waals surface area contributed by atoms with E-state index in [1.165, 1.54) is 12.4 Å². The second-order valence-electron chi connectivity index (χ2n) is 5.88. The van der Waals surface area contributed by atoms with Gasteiger partial charge in [0.1, 0.15) is 0 Å². The summed E-state index contributed by atoms with van der Waals surface area (Å²) >= 11 is 0. The van der Waals surface area contributed by atoms with Gasteiger partial charge in [-0.1, -0.05) is 30.3 Å². The van der Waals surface area contributed by atoms with Gasteiger partial charge in [-0.05, 0) is 11.6 Å². The molecular formula is C18H16N6O3. The molecule has 2 amide bonds. The molecule has 9 heteroatoms. The highest BCUT2D eigenvalue weighted by Gasteiger charge is 2.18. The van der Waals surface area contributed by atoms with Crippen LogP contribution in [0.5, 0.6) is 0 Å². The summed E-state index contributed by atoms with van der Waals surface area (Å²) in [5.41, 5.74) is 10.6. The molecular weight excluding hydrogens is 348 g/mol. The summed E-state index contributed by atoms with van der Waals surface area (Å²) in [7, 11) is 1.60. The smallest absolute Gasteiger partial charge is 0.331 e. The molecule has 0 aliphatic rings. The van der Waals surface area contributed by atoms with Gasteiger partial charge in [0, 0.05) is 19.5 Å². The average molecular weight is 364 g/mol. The van der Waals surface area contributed by atoms with Gasteiger partial charge in [-0.25, -0.2) is 24.4 Å². The second-order valence-corrected chi connectivity index (χ2v) is 5.88. The fraction of sp³-hybridized carbons (Fsp3) is 0.111. The van der Waals surface area contributed by atoms with Gasteiger partial charge in [0.2, 0.25) is 0 Å². The molecule has 136 valence electrons. The number of hydrogen-bond donors (Lipinski definition) is 2. The fourth-order valence-corrected chi connectivity index (χ4v) is 3.06. The summed E-state index contributed by atoms with van der Waals surface area (Å²) in [4.78, 5) is 28.1. The van der Waals surface area contributed by atoms with E-state index in [0.29, 0.717) is 28.9 Å². The molecule has 0 radical (unpaired) electrons. The van der Waals surface area contributed by atoms with E-state index in [-0.39, 0.29) is 0 Å². The quantitative estimate of drug-likeness (QED) is 0.569. The van der Waals surface area contributed by atoms with E-state index in [0.717, 1.165) is 15.8 Å². The highest BCUT2D eigenvalue weighted by Crippen LogP contribution is 2.29. The number of hydrogen-bond acceptors (Lipinski definition) is 5. The molecule has 0 saturated carbocycles. The van der Waals surface area contributed by atoms with Crippen LogP contribution >= 0.6 is 0 Å². The van der Waals surface area contributed by atoms with E-state index in [9.17, 15) is 9.59 Å². The lowest BCUT2D eigenvalue weighted by atomic mass is 10.1. The molecule has 0 aliphatic heterocycles. The standard InChI is InChI=1S/C18H16N6O3/c1-27-10-13-15(11-5-3-2-4-6-11)16-20-9-12-14(24(16)21-13)7-8-23(17(12)25)22-18(19)26/h2-9H,10H2,1H3,(H3,19,22,26). The van der Waals surface area contributed by atoms with Crippen LogP contribution in [0.15, 0.2) is 53.6 Å². The Balaban J connectivity index is 2.02. The molecule has 0 saturated heterocycles. The van der Waals surface area contributed by atoms with Crippen molar-refractivity contribution in [3.63, 3.8) is 0 Å². The Morgan fingerprint density at radius 1 is 1.26 bits per heavy atom. The van der Waals surface area contributed by atoms with Crippen LogP contribution in [0.1, 0.15) is 5.69 Å². The minimum absolute atomic E-state index is 0.296. The van der Waals surface area contributed by atoms with E-state index in [2.05, 4.69) is 15.5 Å². The second kappa shape index (κ2) is 6.54. The Bertz CT molecular complexity index is 1210. The number of ether oxygens (including phenoxy) is 1. The number of aromatic nitrogens is 4. The largest absolute Gasteiger partial charge is 0.378 e. The Morgan fingerprint density at radius 3 is 2.74 bits per heavy atom. The van der Waals surface area contributed by atoms with Gasteiger partial charge in [0.25, 0.3) is 5.56 Å². The molecule has 4 rings (SSSR count). The lowest BCUT2D eigenvalue weighted by molar-refractivity contribution is 0.181. The molecule has 3 aromatic heterocycles. The molecule has 4 aromatic rings. The van der Waals surface area contributed by atoms with Crippen molar-refractivity contribution >= 4 is 22.6 Å². The summed E-state index contributed by atoms with van der Waals surface area (Å²) in [6.07, 6.45) is 2.89. The number of nitrogens with two attached hydrogens (primary N) is 1. The number of methoxy groups -OCH3 is 1. The van der Waals surface area contributed by atoms with Crippen LogP contribution in [0.3, 0.4) is 0 Å². The minimum atomic E-state index is -0.835. The van der Waals surface area contributed by atoms with Crippen molar-refractivity contribution in [2.45, 2.75) is 6.61 Å². The number of carbonyl (C=O) groups excluding carboxylic acids is 1. The van der Waals surface area contributed by atoms with Gasteiger partial charge >= 0.3 is 6.03 Å². The Kier molecular flexibility index (Phi) is 4.05. The first kappa shape index (κ1) is 16.7. The number of rotatable bonds is 4. The van der Waals surface area contributed by atoms with Crippen LogP contribution in [0.2, 0.25) is 0 Å². The summed E-state index contributed by atoms with van der Waals surface area (Å²) < 4.78 is 7.91. The van der Waals surface area contributed by atoms with Crippen molar-refractivity contribution in [2.24, 2.45) is 5.73 Å². The predicted octanol–water partition coefficient (Wildman–Crippen LogP) is 1.48. The van der Waals surface area contributed by atoms with Crippen LogP contribution in [-0.4, -0.2) is 32.4 Å². The number of carbonyl (C=O) groups is 1. The maximum absolute atomic E-state index is 12.6. The number of urea groups is 1. The number of amides is 2. The SMILES string of the molecule is COCc1nn2c(ncc3c(=O)n(NC(N)=O)ccc32)c1-c1ccccc1.